The molecule has 0 radical (unpaired) electrons. The van der Waals surface area contributed by atoms with E-state index < -0.39 is 10.2 Å². The zero-order valence-corrected chi connectivity index (χ0v) is 17.1. The number of benzene rings is 2. The van der Waals surface area contributed by atoms with Crippen molar-refractivity contribution in [1.29, 1.82) is 0 Å². The highest BCUT2D eigenvalue weighted by Crippen LogP contribution is 2.35. The van der Waals surface area contributed by atoms with Gasteiger partial charge in [-0.1, -0.05) is 0 Å². The molecule has 0 N–H and O–H groups in total. The van der Waals surface area contributed by atoms with Crippen LogP contribution in [0.2, 0.25) is 0 Å². The Kier molecular flexibility index (Phi) is 7.70. The molecule has 0 spiro atoms. The Morgan fingerprint density at radius 3 is 1.29 bits per heavy atom. The Hall–Kier alpha value is -2.26. The average Bonchev–Trinajstić information content (AvgIpc) is 2.66. The second-order valence-electron chi connectivity index (χ2n) is 5.70. The third-order valence-electron chi connectivity index (χ3n) is 3.69. The third kappa shape index (κ3) is 7.05. The van der Waals surface area contributed by atoms with Crippen molar-refractivity contribution in [2.75, 3.05) is 14.2 Å². The zero-order valence-electron chi connectivity index (χ0n) is 15.5. The summed E-state index contributed by atoms with van der Waals surface area (Å²) in [6.07, 6.45) is 0. The molecule has 0 aliphatic heterocycles. The molecular weight excluding hydrogens is 404 g/mol. The van der Waals surface area contributed by atoms with Gasteiger partial charge in [0.15, 0.2) is 0 Å². The molecule has 3 rings (SSSR count). The molecule has 28 heavy (non-hydrogen) atoms. The molecule has 0 atom stereocenters. The zero-order chi connectivity index (χ0) is 20.7. The van der Waals surface area contributed by atoms with Crippen LogP contribution >= 0.6 is 11.3 Å². The number of ether oxygens (including phenoxy) is 2. The summed E-state index contributed by atoms with van der Waals surface area (Å²) in [7, 11) is -1.57. The first-order chi connectivity index (χ1) is 13.2. The van der Waals surface area contributed by atoms with Gasteiger partial charge in [-0.15, -0.1) is 10.2 Å². The Morgan fingerprint density at radius 2 is 1.00 bits per heavy atom. The normalized spacial score (nSPS) is 10.7. The first-order valence-corrected chi connectivity index (χ1v) is 10.1. The first-order valence-electron chi connectivity index (χ1n) is 8.05. The molecule has 0 unspecified atom stereocenters. The third-order valence-corrected chi connectivity index (χ3v) is 4.83. The molecule has 148 valence electrons. The molecule has 1 heterocycles. The molecule has 0 saturated carbocycles. The number of aryl methyl sites for hydroxylation is 1. The van der Waals surface area contributed by atoms with Gasteiger partial charge in [-0.25, -0.2) is 18.6 Å². The Labute approximate surface area is 169 Å². The summed E-state index contributed by atoms with van der Waals surface area (Å²) in [6, 6.07) is 20.8. The summed E-state index contributed by atoms with van der Waals surface area (Å²) in [4.78, 5) is 2.50. The van der Waals surface area contributed by atoms with Gasteiger partial charge in [-0.2, -0.15) is 0 Å². The second kappa shape index (κ2) is 9.79. The molecule has 2 aromatic carbocycles. The topological polar surface area (TPSA) is 111 Å². The lowest BCUT2D eigenvalue weighted by atomic mass is 10.1. The van der Waals surface area contributed by atoms with Gasteiger partial charge in [-0.3, -0.25) is 0 Å². The molecule has 8 heteroatoms. The predicted molar refractivity (Wildman–Crippen MR) is 97.4 cm³/mol. The van der Waals surface area contributed by atoms with Gasteiger partial charge in [0, 0.05) is 23.3 Å². The molecule has 0 bridgehead atoms. The fraction of sp³-hybridized carbons (Fsp3) is 0.150. The number of rotatable bonds is 4. The molecule has 6 nitrogen and oxygen atoms in total. The Balaban J connectivity index is 0.000000500. The van der Waals surface area contributed by atoms with Gasteiger partial charge in [0.25, 0.3) is 0 Å². The quantitative estimate of drug-likeness (QED) is 0.578. The standard InChI is InChI=1S/C20H19O2S.ClHO4/c1-14-12-19(15-4-8-17(21-2)9-5-15)23-20(13-14)16-6-10-18(22-3)11-7-16;2-1(3,4)5/h4-13H,1-3H3;(H,2,3,4,5)/q+1;/p-1. The van der Waals surface area contributed by atoms with Crippen LogP contribution in [-0.2, 0) is 0 Å². The van der Waals surface area contributed by atoms with Crippen LogP contribution in [0, 0.1) is 17.2 Å². The summed E-state index contributed by atoms with van der Waals surface area (Å²) in [6.45, 7) is 2.13. The molecular formula is C20H19ClO6S. The van der Waals surface area contributed by atoms with Crippen LogP contribution in [0.5, 0.6) is 11.5 Å². The van der Waals surface area contributed by atoms with E-state index in [9.17, 15) is 0 Å². The van der Waals surface area contributed by atoms with Crippen LogP contribution in [0.4, 0.5) is 0 Å². The van der Waals surface area contributed by atoms with Crippen LogP contribution in [0.3, 0.4) is 0 Å². The first kappa shape index (κ1) is 22.0. The summed E-state index contributed by atoms with van der Waals surface area (Å²) in [5.74, 6) is 1.75. The largest absolute Gasteiger partial charge is 0.497 e. The minimum Gasteiger partial charge on any atom is -0.497 e. The maximum absolute atomic E-state index is 8.49. The van der Waals surface area contributed by atoms with Crippen LogP contribution < -0.4 is 28.1 Å². The van der Waals surface area contributed by atoms with Crippen molar-refractivity contribution in [2.45, 2.75) is 6.92 Å². The minimum absolute atomic E-state index is 0.877. The maximum Gasteiger partial charge on any atom is 0.238 e. The van der Waals surface area contributed by atoms with E-state index >= 15 is 0 Å². The lowest BCUT2D eigenvalue weighted by Crippen LogP contribution is -2.68. The minimum atomic E-state index is -4.94. The van der Waals surface area contributed by atoms with Gasteiger partial charge in [0.1, 0.15) is 11.5 Å². The van der Waals surface area contributed by atoms with Crippen molar-refractivity contribution in [1.82, 2.24) is 0 Å². The molecule has 0 amide bonds. The molecule has 0 fully saturated rings. The van der Waals surface area contributed by atoms with Crippen molar-refractivity contribution >= 4 is 11.3 Å². The fourth-order valence-corrected chi connectivity index (χ4v) is 3.66. The van der Waals surface area contributed by atoms with E-state index in [2.05, 4.69) is 43.3 Å². The van der Waals surface area contributed by atoms with Crippen molar-refractivity contribution in [3.63, 3.8) is 0 Å². The number of hydrogen-bond acceptors (Lipinski definition) is 6. The van der Waals surface area contributed by atoms with Crippen LogP contribution in [-0.4, -0.2) is 14.2 Å². The molecule has 0 aliphatic carbocycles. The predicted octanol–water partition coefficient (Wildman–Crippen LogP) is 0.933. The average molecular weight is 423 g/mol. The van der Waals surface area contributed by atoms with Gasteiger partial charge < -0.3 is 9.47 Å². The molecule has 1 aromatic heterocycles. The highest BCUT2D eigenvalue weighted by molar-refractivity contribution is 7.18. The van der Waals surface area contributed by atoms with Crippen molar-refractivity contribution in [3.05, 3.63) is 66.2 Å². The van der Waals surface area contributed by atoms with E-state index in [1.54, 1.807) is 25.6 Å². The van der Waals surface area contributed by atoms with E-state index in [1.165, 1.54) is 26.4 Å². The SMILES string of the molecule is COc1ccc(-c2cc(C)cc(-c3ccc(OC)cc3)[s+]2)cc1.[O-][Cl+3]([O-])([O-])[O-]. The summed E-state index contributed by atoms with van der Waals surface area (Å²) >= 11 is 1.79. The number of halogens is 1. The van der Waals surface area contributed by atoms with Crippen LogP contribution in [0.1, 0.15) is 5.56 Å². The lowest BCUT2D eigenvalue weighted by molar-refractivity contribution is -2.00. The second-order valence-corrected chi connectivity index (χ2v) is 7.54. The molecule has 0 saturated heterocycles. The summed E-state index contributed by atoms with van der Waals surface area (Å²) in [5.41, 5.74) is 3.66. The number of methoxy groups -OCH3 is 2. The van der Waals surface area contributed by atoms with E-state index in [0.717, 1.165) is 11.5 Å². The molecule has 3 aromatic rings. The van der Waals surface area contributed by atoms with Gasteiger partial charge in [0.05, 0.1) is 14.2 Å². The highest BCUT2D eigenvalue weighted by atomic mass is 35.7. The number of hydrogen-bond donors (Lipinski definition) is 0. The van der Waals surface area contributed by atoms with Crippen LogP contribution in [0.15, 0.2) is 60.7 Å². The highest BCUT2D eigenvalue weighted by Gasteiger charge is 2.17. The van der Waals surface area contributed by atoms with E-state index in [1.807, 2.05) is 24.3 Å². The summed E-state index contributed by atoms with van der Waals surface area (Å²) in [5, 5.41) is 0. The maximum atomic E-state index is 8.49. The molecule has 0 aliphatic rings. The van der Waals surface area contributed by atoms with Gasteiger partial charge in [-0.05, 0) is 61.0 Å². The smallest absolute Gasteiger partial charge is 0.238 e. The fourth-order valence-electron chi connectivity index (χ4n) is 2.43. The van der Waals surface area contributed by atoms with Crippen molar-refractivity contribution in [2.24, 2.45) is 0 Å². The van der Waals surface area contributed by atoms with E-state index in [0.29, 0.717) is 0 Å². The Bertz CT molecular complexity index is 820. The van der Waals surface area contributed by atoms with E-state index in [4.69, 9.17) is 28.1 Å². The van der Waals surface area contributed by atoms with Crippen LogP contribution in [0.25, 0.3) is 20.9 Å². The van der Waals surface area contributed by atoms with Crippen molar-refractivity contribution < 1.29 is 38.4 Å². The van der Waals surface area contributed by atoms with Gasteiger partial charge >= 0.3 is 0 Å². The van der Waals surface area contributed by atoms with Gasteiger partial charge in [0.2, 0.25) is 21.1 Å². The van der Waals surface area contributed by atoms with E-state index in [-0.39, 0.29) is 0 Å². The lowest BCUT2D eigenvalue weighted by Gasteiger charge is -2.17. The summed E-state index contributed by atoms with van der Waals surface area (Å²) < 4.78 is 44.4. The Morgan fingerprint density at radius 1 is 0.679 bits per heavy atom. The monoisotopic (exact) mass is 422 g/mol. The van der Waals surface area contributed by atoms with Crippen molar-refractivity contribution in [3.8, 4) is 32.4 Å².